The molecule has 104 valence electrons. The Morgan fingerprint density at radius 2 is 2.05 bits per heavy atom. The molecular weight excluding hydrogens is 269 g/mol. The van der Waals surface area contributed by atoms with Gasteiger partial charge in [0, 0.05) is 29.0 Å². The number of rotatable bonds is 1. The number of halogens is 1. The highest BCUT2D eigenvalue weighted by Gasteiger charge is 2.30. The lowest BCUT2D eigenvalue weighted by Crippen LogP contribution is -2.24. The first-order valence-corrected chi connectivity index (χ1v) is 6.74. The van der Waals surface area contributed by atoms with Gasteiger partial charge in [-0.1, -0.05) is 18.2 Å². The minimum atomic E-state index is -0.306. The summed E-state index contributed by atoms with van der Waals surface area (Å²) >= 11 is 0. The molecule has 0 fully saturated rings. The third-order valence-electron chi connectivity index (χ3n) is 3.95. The zero-order valence-electron chi connectivity index (χ0n) is 11.1. The van der Waals surface area contributed by atoms with E-state index in [2.05, 4.69) is 15.5 Å². The van der Waals surface area contributed by atoms with Gasteiger partial charge in [0.25, 0.3) is 0 Å². The average Bonchev–Trinajstić information content (AvgIpc) is 2.95. The third-order valence-corrected chi connectivity index (χ3v) is 3.95. The number of hydrogen-bond acceptors (Lipinski definition) is 2. The molecule has 21 heavy (non-hydrogen) atoms. The molecule has 1 amide bonds. The van der Waals surface area contributed by atoms with Crippen molar-refractivity contribution in [2.45, 2.75) is 12.3 Å². The highest BCUT2D eigenvalue weighted by Crippen LogP contribution is 2.41. The van der Waals surface area contributed by atoms with Gasteiger partial charge in [-0.2, -0.15) is 5.10 Å². The number of aromatic nitrogens is 2. The van der Waals surface area contributed by atoms with Crippen LogP contribution in [0, 0.1) is 5.82 Å². The maximum absolute atomic E-state index is 14.2. The number of anilines is 1. The minimum absolute atomic E-state index is 0.102. The number of nitrogens with one attached hydrogen (secondary N) is 2. The van der Waals surface area contributed by atoms with Crippen LogP contribution in [-0.2, 0) is 4.79 Å². The molecule has 0 aliphatic carbocycles. The molecule has 0 radical (unpaired) electrons. The average molecular weight is 281 g/mol. The van der Waals surface area contributed by atoms with Gasteiger partial charge in [-0.15, -0.1) is 0 Å². The number of hydrogen-bond donors (Lipinski definition) is 2. The van der Waals surface area contributed by atoms with Gasteiger partial charge in [0.2, 0.25) is 5.91 Å². The summed E-state index contributed by atoms with van der Waals surface area (Å²) in [6.07, 6.45) is 1.95. The first-order valence-electron chi connectivity index (χ1n) is 6.74. The van der Waals surface area contributed by atoms with Crippen molar-refractivity contribution in [3.05, 3.63) is 59.5 Å². The summed E-state index contributed by atoms with van der Waals surface area (Å²) in [4.78, 5) is 11.9. The zero-order chi connectivity index (χ0) is 14.4. The van der Waals surface area contributed by atoms with E-state index >= 15 is 0 Å². The Kier molecular flexibility index (Phi) is 2.54. The second-order valence-corrected chi connectivity index (χ2v) is 5.19. The van der Waals surface area contributed by atoms with Crippen molar-refractivity contribution < 1.29 is 9.18 Å². The molecule has 0 saturated heterocycles. The highest BCUT2D eigenvalue weighted by atomic mass is 19.1. The number of carbonyl (C=O) groups excluding carboxylic acids is 1. The van der Waals surface area contributed by atoms with Gasteiger partial charge < -0.3 is 5.32 Å². The van der Waals surface area contributed by atoms with Crippen molar-refractivity contribution in [2.75, 3.05) is 5.32 Å². The van der Waals surface area contributed by atoms with Crippen LogP contribution < -0.4 is 5.32 Å². The number of aromatic amines is 1. The summed E-state index contributed by atoms with van der Waals surface area (Å²) in [6.45, 7) is 0. The monoisotopic (exact) mass is 281 g/mol. The molecule has 1 unspecified atom stereocenters. The second-order valence-electron chi connectivity index (χ2n) is 5.19. The molecule has 3 aromatic rings. The molecule has 5 heteroatoms. The van der Waals surface area contributed by atoms with E-state index in [9.17, 15) is 9.18 Å². The predicted molar refractivity (Wildman–Crippen MR) is 77.6 cm³/mol. The lowest BCUT2D eigenvalue weighted by molar-refractivity contribution is -0.116. The first kappa shape index (κ1) is 12.1. The molecule has 2 N–H and O–H groups in total. The maximum Gasteiger partial charge on any atom is 0.225 e. The number of carbonyl (C=O) groups is 1. The quantitative estimate of drug-likeness (QED) is 0.719. The van der Waals surface area contributed by atoms with Gasteiger partial charge in [0.15, 0.2) is 0 Å². The Bertz CT molecular complexity index is 856. The molecular formula is C16H12FN3O. The van der Waals surface area contributed by atoms with Gasteiger partial charge >= 0.3 is 0 Å². The van der Waals surface area contributed by atoms with Gasteiger partial charge in [0.05, 0.1) is 11.7 Å². The van der Waals surface area contributed by atoms with E-state index in [1.165, 1.54) is 6.07 Å². The molecule has 1 aliphatic rings. The lowest BCUT2D eigenvalue weighted by Gasteiger charge is -2.26. The Morgan fingerprint density at radius 3 is 2.90 bits per heavy atom. The molecule has 2 aromatic carbocycles. The third kappa shape index (κ3) is 1.81. The Labute approximate surface area is 120 Å². The van der Waals surface area contributed by atoms with Crippen molar-refractivity contribution in [1.29, 1.82) is 0 Å². The maximum atomic E-state index is 14.2. The predicted octanol–water partition coefficient (Wildman–Crippen LogP) is 3.18. The number of H-pyrrole nitrogens is 1. The van der Waals surface area contributed by atoms with Crippen LogP contribution >= 0.6 is 0 Å². The van der Waals surface area contributed by atoms with E-state index in [4.69, 9.17) is 0 Å². The first-order chi connectivity index (χ1) is 10.2. The standard InChI is InChI=1S/C16H12FN3O/c17-12-4-2-1-3-10(12)11-7-14(21)19-13-6-5-9-8-18-20-16(9)15(11)13/h1-6,8,11H,7H2,(H,18,20)(H,19,21). The van der Waals surface area contributed by atoms with E-state index < -0.39 is 0 Å². The Morgan fingerprint density at radius 1 is 1.19 bits per heavy atom. The van der Waals surface area contributed by atoms with Gasteiger partial charge in [-0.3, -0.25) is 9.89 Å². The molecule has 1 aliphatic heterocycles. The molecule has 4 rings (SSSR count). The van der Waals surface area contributed by atoms with Crippen LogP contribution in [0.4, 0.5) is 10.1 Å². The van der Waals surface area contributed by atoms with Crippen LogP contribution in [0.2, 0.25) is 0 Å². The summed E-state index contributed by atoms with van der Waals surface area (Å²) < 4.78 is 14.2. The van der Waals surface area contributed by atoms with Crippen LogP contribution in [0.3, 0.4) is 0 Å². The van der Waals surface area contributed by atoms with Crippen LogP contribution in [0.1, 0.15) is 23.5 Å². The summed E-state index contributed by atoms with van der Waals surface area (Å²) in [7, 11) is 0. The van der Waals surface area contributed by atoms with E-state index in [-0.39, 0.29) is 24.1 Å². The van der Waals surface area contributed by atoms with E-state index in [0.717, 1.165) is 22.2 Å². The summed E-state index contributed by atoms with van der Waals surface area (Å²) in [5.74, 6) is -0.701. The molecule has 4 nitrogen and oxygen atoms in total. The topological polar surface area (TPSA) is 57.8 Å². The van der Waals surface area contributed by atoms with Crippen LogP contribution in [0.15, 0.2) is 42.6 Å². The number of fused-ring (bicyclic) bond motifs is 3. The number of nitrogens with zero attached hydrogens (tertiary/aromatic N) is 1. The van der Waals surface area contributed by atoms with E-state index in [1.54, 1.807) is 24.4 Å². The summed E-state index contributed by atoms with van der Waals surface area (Å²) in [6, 6.07) is 10.3. The van der Waals surface area contributed by atoms with E-state index in [0.29, 0.717) is 5.56 Å². The molecule has 0 spiro atoms. The van der Waals surface area contributed by atoms with Gasteiger partial charge in [-0.05, 0) is 23.8 Å². The van der Waals surface area contributed by atoms with Gasteiger partial charge in [0.1, 0.15) is 5.82 Å². The fraction of sp³-hybridized carbons (Fsp3) is 0.125. The normalized spacial score (nSPS) is 17.6. The molecule has 1 aromatic heterocycles. The summed E-state index contributed by atoms with van der Waals surface area (Å²) in [5.41, 5.74) is 3.00. The Hall–Kier alpha value is -2.69. The van der Waals surface area contributed by atoms with Crippen molar-refractivity contribution in [3.63, 3.8) is 0 Å². The lowest BCUT2D eigenvalue weighted by atomic mass is 9.83. The number of benzene rings is 2. The van der Waals surface area contributed by atoms with Crippen LogP contribution in [0.25, 0.3) is 10.9 Å². The highest BCUT2D eigenvalue weighted by molar-refractivity contribution is 6.00. The molecule has 2 heterocycles. The second kappa shape index (κ2) is 4.41. The van der Waals surface area contributed by atoms with Crippen molar-refractivity contribution in [1.82, 2.24) is 10.2 Å². The largest absolute Gasteiger partial charge is 0.326 e. The summed E-state index contributed by atoms with van der Waals surface area (Å²) in [5, 5.41) is 10.8. The van der Waals surface area contributed by atoms with Crippen LogP contribution in [0.5, 0.6) is 0 Å². The van der Waals surface area contributed by atoms with E-state index in [1.807, 2.05) is 12.1 Å². The van der Waals surface area contributed by atoms with Crippen molar-refractivity contribution in [2.24, 2.45) is 0 Å². The Balaban J connectivity index is 2.00. The van der Waals surface area contributed by atoms with Crippen LogP contribution in [-0.4, -0.2) is 16.1 Å². The molecule has 0 bridgehead atoms. The van der Waals surface area contributed by atoms with Gasteiger partial charge in [-0.25, -0.2) is 4.39 Å². The molecule has 1 atom stereocenters. The minimum Gasteiger partial charge on any atom is -0.326 e. The van der Waals surface area contributed by atoms with Crippen molar-refractivity contribution in [3.8, 4) is 0 Å². The SMILES string of the molecule is O=C1CC(c2ccccc2F)c2c(ccc3cn[nH]c23)N1. The smallest absolute Gasteiger partial charge is 0.225 e. The fourth-order valence-corrected chi connectivity index (χ4v) is 3.02. The zero-order valence-corrected chi connectivity index (χ0v) is 11.1. The number of amides is 1. The van der Waals surface area contributed by atoms with Crippen molar-refractivity contribution >= 4 is 22.5 Å². The fourth-order valence-electron chi connectivity index (χ4n) is 3.02. The molecule has 0 saturated carbocycles.